The van der Waals surface area contributed by atoms with E-state index in [9.17, 15) is 30.3 Å². The van der Waals surface area contributed by atoms with Gasteiger partial charge in [-0.15, -0.1) is 0 Å². The smallest absolute Gasteiger partial charge is 0.220 e. The number of aliphatic hydroxyl groups is 5. The monoisotopic (exact) mass is 613 g/mol. The van der Waals surface area contributed by atoms with Crippen molar-refractivity contribution in [1.82, 2.24) is 5.32 Å². The summed E-state index contributed by atoms with van der Waals surface area (Å²) in [4.78, 5) is 12.7. The zero-order valence-electron chi connectivity index (χ0n) is 27.0. The Kier molecular flexibility index (Phi) is 23.9. The Bertz CT molecular complexity index is 731. The van der Waals surface area contributed by atoms with Gasteiger partial charge in [-0.1, -0.05) is 102 Å². The van der Waals surface area contributed by atoms with Gasteiger partial charge in [0.05, 0.1) is 25.4 Å². The van der Waals surface area contributed by atoms with Crippen LogP contribution in [0.1, 0.15) is 129 Å². The minimum Gasteiger partial charge on any atom is -0.394 e. The predicted octanol–water partition coefficient (Wildman–Crippen LogP) is 4.82. The third-order valence-corrected chi connectivity index (χ3v) is 8.06. The van der Waals surface area contributed by atoms with Crippen molar-refractivity contribution in [2.24, 2.45) is 0 Å². The van der Waals surface area contributed by atoms with Crippen molar-refractivity contribution >= 4 is 5.91 Å². The maximum atomic E-state index is 12.7. The summed E-state index contributed by atoms with van der Waals surface area (Å²) < 4.78 is 11.1. The standard InChI is InChI=1S/C34H63NO8/c1-3-5-7-9-10-11-12-13-14-15-16-17-18-19-20-22-24-30(38)35-27(28(37)23-21-8-6-4-2)26-42-34-33(41)32(40)31(39)29(25-36)43-34/h11-12,14-15,27-29,31-34,36-37,39-41H,3-10,13,16-26H2,1-2H3,(H,35,38)/b12-11-,15-14-. The maximum absolute atomic E-state index is 12.7. The number of amides is 1. The van der Waals surface area contributed by atoms with E-state index in [1.165, 1.54) is 32.1 Å². The Labute approximate surface area is 260 Å². The Morgan fingerprint density at radius 3 is 2.00 bits per heavy atom. The van der Waals surface area contributed by atoms with Crippen LogP contribution < -0.4 is 5.32 Å². The van der Waals surface area contributed by atoms with Crippen molar-refractivity contribution in [3.63, 3.8) is 0 Å². The predicted molar refractivity (Wildman–Crippen MR) is 170 cm³/mol. The van der Waals surface area contributed by atoms with Gasteiger partial charge in [-0.2, -0.15) is 0 Å². The van der Waals surface area contributed by atoms with Crippen LogP contribution in [0.4, 0.5) is 0 Å². The molecule has 1 aliphatic heterocycles. The fraction of sp³-hybridized carbons (Fsp3) is 0.853. The second-order valence-electron chi connectivity index (χ2n) is 12.0. The Hall–Kier alpha value is -1.33. The molecule has 9 nitrogen and oxygen atoms in total. The molecule has 7 atom stereocenters. The summed E-state index contributed by atoms with van der Waals surface area (Å²) in [6.45, 7) is 3.64. The quantitative estimate of drug-likeness (QED) is 0.0601. The summed E-state index contributed by atoms with van der Waals surface area (Å²) in [5.41, 5.74) is 0. The summed E-state index contributed by atoms with van der Waals surface area (Å²) in [5.74, 6) is -0.170. The van der Waals surface area contributed by atoms with Gasteiger partial charge in [0.25, 0.3) is 0 Å². The molecule has 1 rings (SSSR count). The molecule has 0 bridgehead atoms. The Balaban J connectivity index is 2.35. The van der Waals surface area contributed by atoms with Crippen LogP contribution in [0, 0.1) is 0 Å². The number of carbonyl (C=O) groups is 1. The highest BCUT2D eigenvalue weighted by Crippen LogP contribution is 2.22. The molecule has 0 radical (unpaired) electrons. The van der Waals surface area contributed by atoms with Gasteiger partial charge in [0.1, 0.15) is 24.4 Å². The van der Waals surface area contributed by atoms with E-state index in [0.29, 0.717) is 12.8 Å². The number of allylic oxidation sites excluding steroid dienone is 4. The van der Waals surface area contributed by atoms with Gasteiger partial charge in [-0.3, -0.25) is 4.79 Å². The van der Waals surface area contributed by atoms with Gasteiger partial charge in [0, 0.05) is 6.42 Å². The second kappa shape index (κ2) is 25.9. The molecule has 1 amide bonds. The lowest BCUT2D eigenvalue weighted by molar-refractivity contribution is -0.302. The Morgan fingerprint density at radius 1 is 0.791 bits per heavy atom. The lowest BCUT2D eigenvalue weighted by Gasteiger charge is -2.40. The molecule has 0 saturated carbocycles. The number of rotatable bonds is 26. The summed E-state index contributed by atoms with van der Waals surface area (Å²) in [6, 6.07) is -0.718. The molecule has 6 N–H and O–H groups in total. The van der Waals surface area contributed by atoms with E-state index < -0.39 is 49.5 Å². The van der Waals surface area contributed by atoms with Gasteiger partial charge < -0.3 is 40.3 Å². The van der Waals surface area contributed by atoms with E-state index in [1.54, 1.807) is 0 Å². The van der Waals surface area contributed by atoms with Crippen LogP contribution in [-0.4, -0.2) is 87.5 Å². The fourth-order valence-corrected chi connectivity index (χ4v) is 5.19. The molecule has 0 aromatic carbocycles. The molecule has 1 saturated heterocycles. The van der Waals surface area contributed by atoms with Gasteiger partial charge in [-0.25, -0.2) is 0 Å². The normalized spacial score (nSPS) is 24.1. The fourth-order valence-electron chi connectivity index (χ4n) is 5.19. The third kappa shape index (κ3) is 18.3. The molecule has 0 spiro atoms. The minimum absolute atomic E-state index is 0.147. The van der Waals surface area contributed by atoms with Crippen LogP contribution in [-0.2, 0) is 14.3 Å². The summed E-state index contributed by atoms with van der Waals surface area (Å²) >= 11 is 0. The zero-order valence-corrected chi connectivity index (χ0v) is 27.0. The van der Waals surface area contributed by atoms with Crippen molar-refractivity contribution in [3.8, 4) is 0 Å². The average molecular weight is 614 g/mol. The summed E-state index contributed by atoms with van der Waals surface area (Å²) in [5, 5.41) is 53.4. The van der Waals surface area contributed by atoms with E-state index in [2.05, 4.69) is 43.5 Å². The second-order valence-corrected chi connectivity index (χ2v) is 12.0. The SMILES string of the molecule is CCCCCC/C=C\C/C=C\CCCCCCCC(=O)NC(COC1OC(CO)C(O)C(O)C1O)C(O)CCCCCC. The highest BCUT2D eigenvalue weighted by molar-refractivity contribution is 5.76. The van der Waals surface area contributed by atoms with Crippen molar-refractivity contribution < 1.29 is 39.8 Å². The van der Waals surface area contributed by atoms with Crippen molar-refractivity contribution in [2.75, 3.05) is 13.2 Å². The van der Waals surface area contributed by atoms with Crippen LogP contribution in [0.5, 0.6) is 0 Å². The average Bonchev–Trinajstić information content (AvgIpc) is 3.00. The molecule has 1 heterocycles. The van der Waals surface area contributed by atoms with Gasteiger partial charge in [-0.05, 0) is 44.9 Å². The van der Waals surface area contributed by atoms with E-state index in [-0.39, 0.29) is 12.5 Å². The lowest BCUT2D eigenvalue weighted by atomic mass is 9.99. The Morgan fingerprint density at radius 2 is 1.37 bits per heavy atom. The van der Waals surface area contributed by atoms with Crippen LogP contribution in [0.3, 0.4) is 0 Å². The highest BCUT2D eigenvalue weighted by atomic mass is 16.7. The molecule has 252 valence electrons. The van der Waals surface area contributed by atoms with E-state index >= 15 is 0 Å². The third-order valence-electron chi connectivity index (χ3n) is 8.06. The summed E-state index contributed by atoms with van der Waals surface area (Å²) in [7, 11) is 0. The first-order chi connectivity index (χ1) is 20.8. The number of aliphatic hydroxyl groups excluding tert-OH is 5. The van der Waals surface area contributed by atoms with Crippen LogP contribution in [0.2, 0.25) is 0 Å². The van der Waals surface area contributed by atoms with E-state index in [1.807, 2.05) is 0 Å². The molecular formula is C34H63NO8. The van der Waals surface area contributed by atoms with Gasteiger partial charge in [0.15, 0.2) is 6.29 Å². The lowest BCUT2D eigenvalue weighted by Crippen LogP contribution is -2.60. The number of hydrogen-bond donors (Lipinski definition) is 6. The van der Waals surface area contributed by atoms with Crippen LogP contribution >= 0.6 is 0 Å². The molecule has 0 aromatic rings. The topological polar surface area (TPSA) is 149 Å². The first-order valence-corrected chi connectivity index (χ1v) is 17.0. The van der Waals surface area contributed by atoms with Gasteiger partial charge in [0.2, 0.25) is 5.91 Å². The van der Waals surface area contributed by atoms with Crippen LogP contribution in [0.15, 0.2) is 24.3 Å². The maximum Gasteiger partial charge on any atom is 0.220 e. The number of nitrogens with one attached hydrogen (secondary N) is 1. The molecule has 0 aromatic heterocycles. The highest BCUT2D eigenvalue weighted by Gasteiger charge is 2.44. The molecule has 43 heavy (non-hydrogen) atoms. The molecule has 1 fully saturated rings. The molecular weight excluding hydrogens is 550 g/mol. The zero-order chi connectivity index (χ0) is 31.7. The first-order valence-electron chi connectivity index (χ1n) is 17.0. The van der Waals surface area contributed by atoms with Gasteiger partial charge >= 0.3 is 0 Å². The first kappa shape index (κ1) is 39.7. The van der Waals surface area contributed by atoms with Crippen LogP contribution in [0.25, 0.3) is 0 Å². The minimum atomic E-state index is -1.55. The molecule has 1 aliphatic rings. The van der Waals surface area contributed by atoms with Crippen molar-refractivity contribution in [2.45, 2.75) is 172 Å². The number of unbranched alkanes of at least 4 members (excludes halogenated alkanes) is 12. The molecule has 0 aliphatic carbocycles. The van der Waals surface area contributed by atoms with Crippen molar-refractivity contribution in [3.05, 3.63) is 24.3 Å². The largest absolute Gasteiger partial charge is 0.394 e. The summed E-state index contributed by atoms with van der Waals surface area (Å²) in [6.07, 6.45) is 19.6. The molecule has 7 unspecified atom stereocenters. The number of ether oxygens (including phenoxy) is 2. The van der Waals surface area contributed by atoms with E-state index in [4.69, 9.17) is 9.47 Å². The number of carbonyl (C=O) groups excluding carboxylic acids is 1. The van der Waals surface area contributed by atoms with Crippen molar-refractivity contribution in [1.29, 1.82) is 0 Å². The van der Waals surface area contributed by atoms with E-state index in [0.717, 1.165) is 70.6 Å². The number of hydrogen-bond acceptors (Lipinski definition) is 8. The molecule has 9 heteroatoms.